The minimum absolute atomic E-state index is 0.220. The maximum absolute atomic E-state index is 5.58. The molecule has 3 N–H and O–H groups in total. The zero-order chi connectivity index (χ0) is 14.7. The van der Waals surface area contributed by atoms with Crippen LogP contribution in [0.25, 0.3) is 0 Å². The Morgan fingerprint density at radius 3 is 2.81 bits per heavy atom. The van der Waals surface area contributed by atoms with Gasteiger partial charge >= 0.3 is 0 Å². The summed E-state index contributed by atoms with van der Waals surface area (Å²) in [5.41, 5.74) is 7.62. The summed E-state index contributed by atoms with van der Waals surface area (Å²) in [6.07, 6.45) is 5.27. The van der Waals surface area contributed by atoms with Crippen LogP contribution in [0, 0.1) is 0 Å². The predicted octanol–water partition coefficient (Wildman–Crippen LogP) is 2.81. The van der Waals surface area contributed by atoms with Gasteiger partial charge in [0.2, 0.25) is 5.95 Å². The van der Waals surface area contributed by atoms with Crippen molar-refractivity contribution in [3.8, 4) is 0 Å². The average molecular weight is 345 g/mol. The van der Waals surface area contributed by atoms with E-state index in [-0.39, 0.29) is 5.95 Å². The lowest BCUT2D eigenvalue weighted by molar-refractivity contribution is 0.687. The van der Waals surface area contributed by atoms with Crippen LogP contribution in [0.2, 0.25) is 0 Å². The first-order valence-corrected chi connectivity index (χ1v) is 7.11. The molecule has 0 bridgehead atoms. The normalized spacial score (nSPS) is 10.5. The Bertz CT molecular complexity index is 740. The molecule has 2 heterocycles. The lowest BCUT2D eigenvalue weighted by Crippen LogP contribution is -2.01. The third kappa shape index (κ3) is 3.38. The number of halogens is 1. The maximum atomic E-state index is 5.58. The summed E-state index contributed by atoms with van der Waals surface area (Å²) in [7, 11) is 0. The number of hydrogen-bond acceptors (Lipinski definition) is 5. The number of nitrogen functional groups attached to an aromatic ring is 1. The van der Waals surface area contributed by atoms with Gasteiger partial charge in [-0.1, -0.05) is 30.3 Å². The van der Waals surface area contributed by atoms with E-state index in [9.17, 15) is 0 Å². The highest BCUT2D eigenvalue weighted by atomic mass is 79.9. The summed E-state index contributed by atoms with van der Waals surface area (Å²) >= 11 is 3.38. The monoisotopic (exact) mass is 344 g/mol. The molecule has 0 fully saturated rings. The highest BCUT2D eigenvalue weighted by molar-refractivity contribution is 9.10. The van der Waals surface area contributed by atoms with E-state index in [0.717, 1.165) is 16.7 Å². The number of nitrogens with two attached hydrogens (primary N) is 1. The lowest BCUT2D eigenvalue weighted by Gasteiger charge is -2.05. The van der Waals surface area contributed by atoms with E-state index in [1.54, 1.807) is 12.4 Å². The van der Waals surface area contributed by atoms with E-state index >= 15 is 0 Å². The number of anilines is 3. The van der Waals surface area contributed by atoms with Gasteiger partial charge in [0.25, 0.3) is 0 Å². The van der Waals surface area contributed by atoms with Crippen LogP contribution >= 0.6 is 15.9 Å². The molecule has 3 rings (SSSR count). The van der Waals surface area contributed by atoms with Gasteiger partial charge in [0.05, 0.1) is 22.9 Å². The van der Waals surface area contributed by atoms with Crippen LogP contribution in [0.5, 0.6) is 0 Å². The van der Waals surface area contributed by atoms with E-state index in [1.807, 2.05) is 29.1 Å². The molecule has 6 nitrogen and oxygen atoms in total. The van der Waals surface area contributed by atoms with Gasteiger partial charge < -0.3 is 11.1 Å². The standard InChI is InChI=1S/C14H13BrN6/c15-12-7-17-14(16)20-13(12)19-11-6-18-21(9-11)8-10-4-2-1-3-5-10/h1-7,9H,8H2,(H3,16,17,19,20). The van der Waals surface area contributed by atoms with Crippen molar-refractivity contribution < 1.29 is 0 Å². The second kappa shape index (κ2) is 5.92. The van der Waals surface area contributed by atoms with Crippen molar-refractivity contribution in [3.05, 3.63) is 59.0 Å². The molecular weight excluding hydrogens is 332 g/mol. The summed E-state index contributed by atoms with van der Waals surface area (Å²) in [4.78, 5) is 8.03. The predicted molar refractivity (Wildman–Crippen MR) is 85.2 cm³/mol. The molecule has 0 aliphatic carbocycles. The summed E-state index contributed by atoms with van der Waals surface area (Å²) in [5, 5.41) is 7.48. The van der Waals surface area contributed by atoms with Crippen LogP contribution in [0.1, 0.15) is 5.56 Å². The second-order valence-corrected chi connectivity index (χ2v) is 5.32. The van der Waals surface area contributed by atoms with Crippen LogP contribution < -0.4 is 11.1 Å². The van der Waals surface area contributed by atoms with Gasteiger partial charge in [0, 0.05) is 12.4 Å². The van der Waals surface area contributed by atoms with Crippen molar-refractivity contribution in [3.63, 3.8) is 0 Å². The molecule has 0 radical (unpaired) electrons. The first-order valence-electron chi connectivity index (χ1n) is 6.32. The zero-order valence-electron chi connectivity index (χ0n) is 11.1. The third-order valence-corrected chi connectivity index (χ3v) is 3.43. The third-order valence-electron chi connectivity index (χ3n) is 2.85. The molecule has 106 valence electrons. The van der Waals surface area contributed by atoms with Gasteiger partial charge in [-0.25, -0.2) is 4.98 Å². The second-order valence-electron chi connectivity index (χ2n) is 4.46. The average Bonchev–Trinajstić information content (AvgIpc) is 2.91. The van der Waals surface area contributed by atoms with Crippen LogP contribution in [0.15, 0.2) is 53.4 Å². The van der Waals surface area contributed by atoms with Crippen LogP contribution in [0.3, 0.4) is 0 Å². The zero-order valence-corrected chi connectivity index (χ0v) is 12.7. The molecular formula is C14H13BrN6. The molecule has 0 aliphatic heterocycles. The highest BCUT2D eigenvalue weighted by Crippen LogP contribution is 2.23. The largest absolute Gasteiger partial charge is 0.368 e. The molecule has 0 aliphatic rings. The summed E-state index contributed by atoms with van der Waals surface area (Å²) in [5.74, 6) is 0.833. The Labute approximate surface area is 130 Å². The lowest BCUT2D eigenvalue weighted by atomic mass is 10.2. The molecule has 0 saturated carbocycles. The van der Waals surface area contributed by atoms with E-state index in [2.05, 4.69) is 48.4 Å². The van der Waals surface area contributed by atoms with E-state index < -0.39 is 0 Å². The minimum atomic E-state index is 0.220. The Hall–Kier alpha value is -2.41. The number of hydrogen-bond donors (Lipinski definition) is 2. The van der Waals surface area contributed by atoms with Gasteiger partial charge in [0.1, 0.15) is 5.82 Å². The van der Waals surface area contributed by atoms with Crippen molar-refractivity contribution in [2.45, 2.75) is 6.54 Å². The van der Waals surface area contributed by atoms with Gasteiger partial charge in [-0.05, 0) is 21.5 Å². The Kier molecular flexibility index (Phi) is 3.83. The number of aromatic nitrogens is 4. The van der Waals surface area contributed by atoms with Gasteiger partial charge in [-0.15, -0.1) is 0 Å². The van der Waals surface area contributed by atoms with Crippen molar-refractivity contribution in [1.82, 2.24) is 19.7 Å². The quantitative estimate of drug-likeness (QED) is 0.760. The minimum Gasteiger partial charge on any atom is -0.368 e. The summed E-state index contributed by atoms with van der Waals surface area (Å²) < 4.78 is 2.60. The molecule has 0 spiro atoms. The highest BCUT2D eigenvalue weighted by Gasteiger charge is 2.06. The van der Waals surface area contributed by atoms with Crippen LogP contribution in [0.4, 0.5) is 17.5 Å². The number of benzene rings is 1. The molecule has 1 aromatic carbocycles. The van der Waals surface area contributed by atoms with Crippen molar-refractivity contribution >= 4 is 33.4 Å². The topological polar surface area (TPSA) is 81.6 Å². The van der Waals surface area contributed by atoms with Gasteiger partial charge in [-0.2, -0.15) is 10.1 Å². The number of rotatable bonds is 4. The molecule has 0 amide bonds. The molecule has 0 atom stereocenters. The maximum Gasteiger partial charge on any atom is 0.222 e. The summed E-state index contributed by atoms with van der Waals surface area (Å²) in [6, 6.07) is 10.2. The summed E-state index contributed by atoms with van der Waals surface area (Å²) in [6.45, 7) is 0.718. The fourth-order valence-electron chi connectivity index (χ4n) is 1.89. The smallest absolute Gasteiger partial charge is 0.222 e. The first-order chi connectivity index (χ1) is 10.2. The fraction of sp³-hybridized carbons (Fsp3) is 0.0714. The van der Waals surface area contributed by atoms with Gasteiger partial charge in [-0.3, -0.25) is 4.68 Å². The molecule has 0 saturated heterocycles. The molecule has 21 heavy (non-hydrogen) atoms. The van der Waals surface area contributed by atoms with E-state index in [1.165, 1.54) is 5.56 Å². The van der Waals surface area contributed by atoms with Crippen molar-refractivity contribution in [1.29, 1.82) is 0 Å². The fourth-order valence-corrected chi connectivity index (χ4v) is 2.18. The van der Waals surface area contributed by atoms with Crippen molar-refractivity contribution in [2.24, 2.45) is 0 Å². The first kappa shape index (κ1) is 13.6. The molecule has 7 heteroatoms. The van der Waals surface area contributed by atoms with Crippen molar-refractivity contribution in [2.75, 3.05) is 11.1 Å². The SMILES string of the molecule is Nc1ncc(Br)c(Nc2cnn(Cc3ccccc3)c2)n1. The molecule has 3 aromatic rings. The van der Waals surface area contributed by atoms with E-state index in [0.29, 0.717) is 5.82 Å². The van der Waals surface area contributed by atoms with Gasteiger partial charge in [0.15, 0.2) is 0 Å². The Balaban J connectivity index is 1.75. The van der Waals surface area contributed by atoms with E-state index in [4.69, 9.17) is 5.73 Å². The van der Waals surface area contributed by atoms with Crippen LogP contribution in [-0.2, 0) is 6.54 Å². The molecule has 2 aromatic heterocycles. The number of nitrogens with zero attached hydrogens (tertiary/aromatic N) is 4. The molecule has 0 unspecified atom stereocenters. The Morgan fingerprint density at radius 1 is 1.19 bits per heavy atom. The number of nitrogens with one attached hydrogen (secondary N) is 1. The van der Waals surface area contributed by atoms with Crippen LogP contribution in [-0.4, -0.2) is 19.7 Å². The Morgan fingerprint density at radius 2 is 2.00 bits per heavy atom.